The smallest absolute Gasteiger partial charge is 0.254 e. The molecule has 132 valence electrons. The van der Waals surface area contributed by atoms with Crippen LogP contribution in [0.5, 0.6) is 0 Å². The number of aryl methyl sites for hydroxylation is 1. The number of nitrogens with zero attached hydrogens (tertiary/aromatic N) is 7. The average molecular weight is 349 g/mol. The highest BCUT2D eigenvalue weighted by atomic mass is 16.2. The topological polar surface area (TPSA) is 80.0 Å². The summed E-state index contributed by atoms with van der Waals surface area (Å²) in [5.41, 5.74) is 0.674. The van der Waals surface area contributed by atoms with E-state index in [0.29, 0.717) is 18.7 Å². The molecule has 0 atom stereocenters. The number of piperazine rings is 1. The molecule has 0 bridgehead atoms. The molecule has 1 aliphatic heterocycles. The lowest BCUT2D eigenvalue weighted by atomic mass is 10.2. The SMILES string of the molecule is Cc1nccn1-c1ccc(N2CCN(C(=O)c3ccncc3)CC2)nn1. The van der Waals surface area contributed by atoms with Crippen LogP contribution in [-0.2, 0) is 0 Å². The normalized spacial score (nSPS) is 14.5. The molecule has 0 spiro atoms. The van der Waals surface area contributed by atoms with Gasteiger partial charge in [-0.1, -0.05) is 0 Å². The number of imidazole rings is 1. The number of rotatable bonds is 3. The Balaban J connectivity index is 1.40. The summed E-state index contributed by atoms with van der Waals surface area (Å²) in [7, 11) is 0. The van der Waals surface area contributed by atoms with Gasteiger partial charge in [-0.25, -0.2) is 4.98 Å². The Morgan fingerprint density at radius 3 is 2.23 bits per heavy atom. The van der Waals surface area contributed by atoms with E-state index in [1.165, 1.54) is 0 Å². The monoisotopic (exact) mass is 349 g/mol. The zero-order valence-electron chi connectivity index (χ0n) is 14.5. The number of aromatic nitrogens is 5. The van der Waals surface area contributed by atoms with Crippen molar-refractivity contribution in [3.63, 3.8) is 0 Å². The van der Waals surface area contributed by atoms with Crippen LogP contribution in [0.2, 0.25) is 0 Å². The third-order valence-electron chi connectivity index (χ3n) is 4.53. The van der Waals surface area contributed by atoms with Crippen molar-refractivity contribution in [3.05, 3.63) is 60.4 Å². The van der Waals surface area contributed by atoms with Crippen LogP contribution in [0.4, 0.5) is 5.82 Å². The molecular weight excluding hydrogens is 330 g/mol. The third kappa shape index (κ3) is 3.13. The van der Waals surface area contributed by atoms with Crippen LogP contribution in [0.3, 0.4) is 0 Å². The third-order valence-corrected chi connectivity index (χ3v) is 4.53. The van der Waals surface area contributed by atoms with E-state index in [1.54, 1.807) is 30.7 Å². The summed E-state index contributed by atoms with van der Waals surface area (Å²) in [5, 5.41) is 8.65. The molecule has 3 aromatic rings. The summed E-state index contributed by atoms with van der Waals surface area (Å²) >= 11 is 0. The quantitative estimate of drug-likeness (QED) is 0.710. The van der Waals surface area contributed by atoms with Crippen molar-refractivity contribution < 1.29 is 4.79 Å². The molecule has 26 heavy (non-hydrogen) atoms. The number of amides is 1. The van der Waals surface area contributed by atoms with Crippen molar-refractivity contribution in [1.29, 1.82) is 0 Å². The molecule has 1 saturated heterocycles. The Morgan fingerprint density at radius 1 is 0.923 bits per heavy atom. The Labute approximate surface area is 151 Å². The largest absolute Gasteiger partial charge is 0.352 e. The molecule has 0 aliphatic carbocycles. The van der Waals surface area contributed by atoms with Gasteiger partial charge in [0, 0.05) is 56.5 Å². The Bertz CT molecular complexity index is 883. The first kappa shape index (κ1) is 16.2. The Morgan fingerprint density at radius 2 is 1.62 bits per heavy atom. The molecule has 0 N–H and O–H groups in total. The van der Waals surface area contributed by atoms with Crippen LogP contribution in [0.25, 0.3) is 5.82 Å². The van der Waals surface area contributed by atoms with Crippen molar-refractivity contribution in [1.82, 2.24) is 29.6 Å². The summed E-state index contributed by atoms with van der Waals surface area (Å²) in [6, 6.07) is 7.39. The first-order valence-corrected chi connectivity index (χ1v) is 8.51. The maximum atomic E-state index is 12.5. The summed E-state index contributed by atoms with van der Waals surface area (Å²) in [6.45, 7) is 4.70. The molecule has 1 aliphatic rings. The van der Waals surface area contributed by atoms with E-state index in [1.807, 2.05) is 34.7 Å². The fourth-order valence-corrected chi connectivity index (χ4v) is 3.05. The molecule has 0 unspecified atom stereocenters. The molecule has 0 aromatic carbocycles. The fourth-order valence-electron chi connectivity index (χ4n) is 3.05. The van der Waals surface area contributed by atoms with Crippen LogP contribution in [-0.4, -0.2) is 61.7 Å². The van der Waals surface area contributed by atoms with E-state index in [-0.39, 0.29) is 5.91 Å². The van der Waals surface area contributed by atoms with Gasteiger partial charge in [0.15, 0.2) is 11.6 Å². The minimum absolute atomic E-state index is 0.0454. The van der Waals surface area contributed by atoms with Crippen LogP contribution in [0, 0.1) is 6.92 Å². The number of hydrogen-bond acceptors (Lipinski definition) is 6. The molecule has 8 nitrogen and oxygen atoms in total. The van der Waals surface area contributed by atoms with Crippen molar-refractivity contribution in [2.75, 3.05) is 31.1 Å². The van der Waals surface area contributed by atoms with Gasteiger partial charge in [0.25, 0.3) is 5.91 Å². The minimum atomic E-state index is 0.0454. The lowest BCUT2D eigenvalue weighted by Gasteiger charge is -2.35. The standard InChI is InChI=1S/C18H19N7O/c1-14-20-8-9-25(14)17-3-2-16(21-22-17)23-10-12-24(13-11-23)18(26)15-4-6-19-7-5-15/h2-9H,10-13H2,1H3. The van der Waals surface area contributed by atoms with Gasteiger partial charge in [0.1, 0.15) is 5.82 Å². The van der Waals surface area contributed by atoms with Gasteiger partial charge in [-0.2, -0.15) is 0 Å². The molecule has 4 heterocycles. The molecule has 0 radical (unpaired) electrons. The summed E-state index contributed by atoms with van der Waals surface area (Å²) < 4.78 is 1.89. The van der Waals surface area contributed by atoms with Gasteiger partial charge in [0.2, 0.25) is 0 Å². The highest BCUT2D eigenvalue weighted by Gasteiger charge is 2.23. The molecule has 0 saturated carbocycles. The van der Waals surface area contributed by atoms with Gasteiger partial charge in [-0.15, -0.1) is 10.2 Å². The average Bonchev–Trinajstić information content (AvgIpc) is 3.14. The van der Waals surface area contributed by atoms with Crippen molar-refractivity contribution in [2.24, 2.45) is 0 Å². The number of carbonyl (C=O) groups is 1. The van der Waals surface area contributed by atoms with Crippen LogP contribution < -0.4 is 4.90 Å². The Hall–Kier alpha value is -3.29. The highest BCUT2D eigenvalue weighted by molar-refractivity contribution is 5.94. The minimum Gasteiger partial charge on any atom is -0.352 e. The zero-order chi connectivity index (χ0) is 17.9. The molecule has 1 fully saturated rings. The second-order valence-electron chi connectivity index (χ2n) is 6.11. The second-order valence-corrected chi connectivity index (χ2v) is 6.11. The van der Waals surface area contributed by atoms with Gasteiger partial charge in [-0.3, -0.25) is 14.3 Å². The summed E-state index contributed by atoms with van der Waals surface area (Å²) in [4.78, 5) is 24.7. The maximum Gasteiger partial charge on any atom is 0.254 e. The van der Waals surface area contributed by atoms with E-state index in [9.17, 15) is 4.79 Å². The van der Waals surface area contributed by atoms with E-state index < -0.39 is 0 Å². The van der Waals surface area contributed by atoms with E-state index >= 15 is 0 Å². The van der Waals surface area contributed by atoms with Crippen molar-refractivity contribution >= 4 is 11.7 Å². The van der Waals surface area contributed by atoms with E-state index in [4.69, 9.17) is 0 Å². The Kier molecular flexibility index (Phi) is 4.30. The molecule has 3 aromatic heterocycles. The number of pyridine rings is 1. The van der Waals surface area contributed by atoms with Crippen molar-refractivity contribution in [2.45, 2.75) is 6.92 Å². The maximum absolute atomic E-state index is 12.5. The predicted molar refractivity (Wildman–Crippen MR) is 96.2 cm³/mol. The van der Waals surface area contributed by atoms with Gasteiger partial charge < -0.3 is 9.80 Å². The number of hydrogen-bond donors (Lipinski definition) is 0. The molecule has 8 heteroatoms. The first-order chi connectivity index (χ1) is 12.7. The molecule has 1 amide bonds. The number of carbonyl (C=O) groups excluding carboxylic acids is 1. The van der Waals surface area contributed by atoms with Gasteiger partial charge in [-0.05, 0) is 31.2 Å². The van der Waals surface area contributed by atoms with E-state index in [0.717, 1.165) is 30.5 Å². The predicted octanol–water partition coefficient (Wildman–Crippen LogP) is 1.33. The molecule has 4 rings (SSSR count). The summed E-state index contributed by atoms with van der Waals surface area (Å²) in [6.07, 6.45) is 6.89. The zero-order valence-corrected chi connectivity index (χ0v) is 14.5. The van der Waals surface area contributed by atoms with Crippen LogP contribution >= 0.6 is 0 Å². The first-order valence-electron chi connectivity index (χ1n) is 8.51. The van der Waals surface area contributed by atoms with E-state index in [2.05, 4.69) is 25.1 Å². The van der Waals surface area contributed by atoms with Gasteiger partial charge >= 0.3 is 0 Å². The van der Waals surface area contributed by atoms with Gasteiger partial charge in [0.05, 0.1) is 0 Å². The molecular formula is C18H19N7O. The van der Waals surface area contributed by atoms with Crippen LogP contribution in [0.15, 0.2) is 49.1 Å². The second kappa shape index (κ2) is 6.91. The lowest BCUT2D eigenvalue weighted by Crippen LogP contribution is -2.49. The fraction of sp³-hybridized carbons (Fsp3) is 0.278. The highest BCUT2D eigenvalue weighted by Crippen LogP contribution is 2.16. The summed E-state index contributed by atoms with van der Waals surface area (Å²) in [5.74, 6) is 2.48. The van der Waals surface area contributed by atoms with Crippen LogP contribution in [0.1, 0.15) is 16.2 Å². The van der Waals surface area contributed by atoms with Crippen molar-refractivity contribution in [3.8, 4) is 5.82 Å². The number of anilines is 1. The lowest BCUT2D eigenvalue weighted by molar-refractivity contribution is 0.0746.